The Kier molecular flexibility index (Phi) is 2.31. The summed E-state index contributed by atoms with van der Waals surface area (Å²) >= 11 is 0. The fourth-order valence-electron chi connectivity index (χ4n) is 1.17. The molecule has 0 aromatic carbocycles. The first-order valence-corrected chi connectivity index (χ1v) is 3.86. The molecule has 0 bridgehead atoms. The highest BCUT2D eigenvalue weighted by Gasteiger charge is 2.34. The van der Waals surface area contributed by atoms with E-state index < -0.39 is 11.7 Å². The monoisotopic (exact) mass is 176 g/mol. The van der Waals surface area contributed by atoms with E-state index >= 15 is 0 Å². The Labute approximate surface area is 69.8 Å². The van der Waals surface area contributed by atoms with E-state index in [1.54, 1.807) is 6.08 Å². The fourth-order valence-corrected chi connectivity index (χ4v) is 1.17. The normalized spacial score (nSPS) is 24.9. The Bertz CT molecular complexity index is 233. The molecule has 1 aliphatic rings. The molecule has 1 unspecified atom stereocenters. The summed E-state index contributed by atoms with van der Waals surface area (Å²) in [6.45, 7) is 3.67. The topological polar surface area (TPSA) is 0 Å². The van der Waals surface area contributed by atoms with Crippen molar-refractivity contribution in [3.8, 4) is 0 Å². The van der Waals surface area contributed by atoms with Crippen LogP contribution in [0.4, 0.5) is 13.2 Å². The Morgan fingerprint density at radius 2 is 1.92 bits per heavy atom. The van der Waals surface area contributed by atoms with Crippen molar-refractivity contribution in [3.05, 3.63) is 23.3 Å². The van der Waals surface area contributed by atoms with Gasteiger partial charge in [0.15, 0.2) is 0 Å². The van der Waals surface area contributed by atoms with Crippen molar-refractivity contribution in [1.29, 1.82) is 0 Å². The number of alkyl halides is 3. The number of hydrogen-bond donors (Lipinski definition) is 0. The molecule has 0 heterocycles. The summed E-state index contributed by atoms with van der Waals surface area (Å²) < 4.78 is 36.4. The first-order valence-electron chi connectivity index (χ1n) is 3.86. The summed E-state index contributed by atoms with van der Waals surface area (Å²) in [4.78, 5) is 0. The number of allylic oxidation sites excluding steroid dienone is 4. The third-order valence-electron chi connectivity index (χ3n) is 2.21. The van der Waals surface area contributed by atoms with E-state index in [-0.39, 0.29) is 12.3 Å². The Hall–Kier alpha value is -0.730. The molecule has 0 aliphatic heterocycles. The molecule has 0 N–H and O–H groups in total. The maximum Gasteiger partial charge on any atom is 0.412 e. The zero-order chi connectivity index (χ0) is 9.35. The van der Waals surface area contributed by atoms with Crippen molar-refractivity contribution < 1.29 is 13.2 Å². The molecule has 0 amide bonds. The standard InChI is InChI=1S/C9H11F3/c1-6-3-4-8(5-7(6)2)9(10,11)12/h3-4,7H,5H2,1-2H3. The molecule has 0 aromatic rings. The molecule has 3 heteroatoms. The lowest BCUT2D eigenvalue weighted by Crippen LogP contribution is -2.17. The van der Waals surface area contributed by atoms with Crippen molar-refractivity contribution in [2.45, 2.75) is 26.4 Å². The third kappa shape index (κ3) is 1.90. The van der Waals surface area contributed by atoms with E-state index in [9.17, 15) is 13.2 Å². The number of rotatable bonds is 0. The second-order valence-electron chi connectivity index (χ2n) is 3.21. The van der Waals surface area contributed by atoms with Crippen LogP contribution in [0.25, 0.3) is 0 Å². The van der Waals surface area contributed by atoms with Gasteiger partial charge in [0.2, 0.25) is 0 Å². The fraction of sp³-hybridized carbons (Fsp3) is 0.556. The third-order valence-corrected chi connectivity index (χ3v) is 2.21. The molecule has 0 nitrogen and oxygen atoms in total. The van der Waals surface area contributed by atoms with Crippen LogP contribution in [-0.2, 0) is 0 Å². The molecule has 0 saturated heterocycles. The Balaban J connectivity index is 2.84. The summed E-state index contributed by atoms with van der Waals surface area (Å²) in [7, 11) is 0. The van der Waals surface area contributed by atoms with Crippen molar-refractivity contribution in [2.24, 2.45) is 5.92 Å². The summed E-state index contributed by atoms with van der Waals surface area (Å²) in [5, 5.41) is 0. The van der Waals surface area contributed by atoms with Crippen LogP contribution in [0.15, 0.2) is 23.3 Å². The second kappa shape index (κ2) is 2.96. The van der Waals surface area contributed by atoms with Crippen LogP contribution in [0.3, 0.4) is 0 Å². The minimum absolute atomic E-state index is 0.0200. The quantitative estimate of drug-likeness (QED) is 0.530. The molecule has 1 rings (SSSR count). The van der Waals surface area contributed by atoms with E-state index in [2.05, 4.69) is 0 Å². The van der Waals surface area contributed by atoms with E-state index in [0.717, 1.165) is 5.57 Å². The van der Waals surface area contributed by atoms with Crippen molar-refractivity contribution in [3.63, 3.8) is 0 Å². The molecule has 12 heavy (non-hydrogen) atoms. The average Bonchev–Trinajstić information content (AvgIpc) is 1.92. The average molecular weight is 176 g/mol. The summed E-state index contributed by atoms with van der Waals surface area (Å²) in [5.74, 6) is 0.0200. The second-order valence-corrected chi connectivity index (χ2v) is 3.21. The molecule has 0 fully saturated rings. The van der Waals surface area contributed by atoms with Gasteiger partial charge in [-0.2, -0.15) is 13.2 Å². The Morgan fingerprint density at radius 3 is 2.33 bits per heavy atom. The molecule has 0 saturated carbocycles. The van der Waals surface area contributed by atoms with Gasteiger partial charge in [0.1, 0.15) is 0 Å². The molecular weight excluding hydrogens is 165 g/mol. The van der Waals surface area contributed by atoms with Gasteiger partial charge in [0.25, 0.3) is 0 Å². The van der Waals surface area contributed by atoms with E-state index in [0.29, 0.717) is 0 Å². The van der Waals surface area contributed by atoms with Gasteiger partial charge in [-0.3, -0.25) is 0 Å². The van der Waals surface area contributed by atoms with Crippen LogP contribution >= 0.6 is 0 Å². The number of halogens is 3. The predicted molar refractivity (Wildman–Crippen MR) is 41.7 cm³/mol. The first kappa shape index (κ1) is 9.36. The maximum absolute atomic E-state index is 12.1. The molecule has 1 atom stereocenters. The zero-order valence-corrected chi connectivity index (χ0v) is 7.07. The van der Waals surface area contributed by atoms with Gasteiger partial charge in [0.05, 0.1) is 0 Å². The lowest BCUT2D eigenvalue weighted by molar-refractivity contribution is -0.0950. The number of hydrogen-bond acceptors (Lipinski definition) is 0. The van der Waals surface area contributed by atoms with Crippen LogP contribution in [0.5, 0.6) is 0 Å². The molecule has 68 valence electrons. The molecule has 1 aliphatic carbocycles. The minimum atomic E-state index is -4.15. The van der Waals surface area contributed by atoms with Gasteiger partial charge >= 0.3 is 6.18 Å². The van der Waals surface area contributed by atoms with Crippen LogP contribution in [-0.4, -0.2) is 6.18 Å². The van der Waals surface area contributed by atoms with Gasteiger partial charge in [-0.15, -0.1) is 0 Å². The lowest BCUT2D eigenvalue weighted by atomic mass is 9.89. The van der Waals surface area contributed by atoms with Gasteiger partial charge in [0, 0.05) is 5.57 Å². The van der Waals surface area contributed by atoms with E-state index in [4.69, 9.17) is 0 Å². The van der Waals surface area contributed by atoms with Gasteiger partial charge < -0.3 is 0 Å². The lowest BCUT2D eigenvalue weighted by Gasteiger charge is -2.20. The maximum atomic E-state index is 12.1. The molecular formula is C9H11F3. The highest BCUT2D eigenvalue weighted by molar-refractivity contribution is 5.27. The van der Waals surface area contributed by atoms with Crippen LogP contribution in [0.1, 0.15) is 20.3 Å². The largest absolute Gasteiger partial charge is 0.412 e. The van der Waals surface area contributed by atoms with Gasteiger partial charge in [-0.05, 0) is 19.3 Å². The highest BCUT2D eigenvalue weighted by atomic mass is 19.4. The minimum Gasteiger partial charge on any atom is -0.166 e. The van der Waals surface area contributed by atoms with Crippen molar-refractivity contribution >= 4 is 0 Å². The van der Waals surface area contributed by atoms with E-state index in [1.165, 1.54) is 6.08 Å². The summed E-state index contributed by atoms with van der Waals surface area (Å²) in [6.07, 6.45) is -1.30. The molecule has 0 radical (unpaired) electrons. The van der Waals surface area contributed by atoms with Crippen molar-refractivity contribution in [1.82, 2.24) is 0 Å². The molecule has 0 spiro atoms. The Morgan fingerprint density at radius 1 is 1.33 bits per heavy atom. The van der Waals surface area contributed by atoms with Gasteiger partial charge in [-0.1, -0.05) is 24.6 Å². The SMILES string of the molecule is CC1=CC=C(C(F)(F)F)CC1C. The molecule has 0 aromatic heterocycles. The summed E-state index contributed by atoms with van der Waals surface area (Å²) in [5.41, 5.74) is 0.601. The first-order chi connectivity index (χ1) is 5.41. The van der Waals surface area contributed by atoms with E-state index in [1.807, 2.05) is 13.8 Å². The smallest absolute Gasteiger partial charge is 0.166 e. The van der Waals surface area contributed by atoms with Gasteiger partial charge in [-0.25, -0.2) is 0 Å². The van der Waals surface area contributed by atoms with Crippen LogP contribution in [0, 0.1) is 5.92 Å². The van der Waals surface area contributed by atoms with Crippen LogP contribution < -0.4 is 0 Å². The predicted octanol–water partition coefficient (Wildman–Crippen LogP) is 3.46. The zero-order valence-electron chi connectivity index (χ0n) is 7.07. The van der Waals surface area contributed by atoms with Crippen LogP contribution in [0.2, 0.25) is 0 Å². The summed E-state index contributed by atoms with van der Waals surface area (Å²) in [6, 6.07) is 0. The van der Waals surface area contributed by atoms with Crippen molar-refractivity contribution in [2.75, 3.05) is 0 Å². The highest BCUT2D eigenvalue weighted by Crippen LogP contribution is 2.35.